The largest absolute Gasteiger partial charge is 0.573 e. The summed E-state index contributed by atoms with van der Waals surface area (Å²) >= 11 is 0. The Bertz CT molecular complexity index is 503. The zero-order valence-corrected chi connectivity index (χ0v) is 12.3. The minimum atomic E-state index is -4.67. The van der Waals surface area contributed by atoms with Crippen molar-refractivity contribution in [3.05, 3.63) is 24.3 Å². The number of benzene rings is 1. The third-order valence-electron chi connectivity index (χ3n) is 3.63. The Labute approximate surface area is 127 Å². The van der Waals surface area contributed by atoms with Gasteiger partial charge in [0.25, 0.3) is 0 Å². The van der Waals surface area contributed by atoms with Crippen LogP contribution in [-0.4, -0.2) is 31.9 Å². The summed E-state index contributed by atoms with van der Waals surface area (Å²) < 4.78 is 40.2. The summed E-state index contributed by atoms with van der Waals surface area (Å²) in [5.74, 6) is 0.177. The van der Waals surface area contributed by atoms with Crippen molar-refractivity contribution in [2.75, 3.05) is 24.5 Å². The van der Waals surface area contributed by atoms with Crippen LogP contribution in [0.4, 0.5) is 18.9 Å². The highest BCUT2D eigenvalue weighted by atomic mass is 19.4. The predicted octanol–water partition coefficient (Wildman–Crippen LogP) is 2.94. The third kappa shape index (κ3) is 4.82. The molecule has 1 aliphatic rings. The van der Waals surface area contributed by atoms with Gasteiger partial charge in [-0.1, -0.05) is 6.92 Å². The van der Waals surface area contributed by atoms with Gasteiger partial charge in [-0.05, 0) is 36.6 Å². The SMILES string of the molecule is CCC(=O)NC[C@H]1CCN(c2ccc(OC(F)(F)F)cc2)C1. The van der Waals surface area contributed by atoms with E-state index in [2.05, 4.69) is 15.0 Å². The van der Waals surface area contributed by atoms with E-state index in [1.54, 1.807) is 19.1 Å². The van der Waals surface area contributed by atoms with Crippen LogP contribution in [0, 0.1) is 5.92 Å². The first-order chi connectivity index (χ1) is 10.4. The number of alkyl halides is 3. The molecule has 1 aromatic carbocycles. The van der Waals surface area contributed by atoms with E-state index >= 15 is 0 Å². The van der Waals surface area contributed by atoms with Gasteiger partial charge in [0.1, 0.15) is 5.75 Å². The lowest BCUT2D eigenvalue weighted by atomic mass is 10.1. The fraction of sp³-hybridized carbons (Fsp3) is 0.533. The second-order valence-corrected chi connectivity index (χ2v) is 5.30. The van der Waals surface area contributed by atoms with Crippen molar-refractivity contribution in [3.8, 4) is 5.75 Å². The van der Waals surface area contributed by atoms with Gasteiger partial charge in [0.2, 0.25) is 5.91 Å². The van der Waals surface area contributed by atoms with Gasteiger partial charge in [-0.25, -0.2) is 0 Å². The van der Waals surface area contributed by atoms with Crippen LogP contribution < -0.4 is 15.0 Å². The standard InChI is InChI=1S/C15H19F3N2O2/c1-2-14(21)19-9-11-7-8-20(10-11)12-3-5-13(6-4-12)22-15(16,17)18/h3-6,11H,2,7-10H2,1H3,(H,19,21)/t11-/m1/s1. The van der Waals surface area contributed by atoms with Gasteiger partial charge in [-0.3, -0.25) is 4.79 Å². The van der Waals surface area contributed by atoms with Crippen molar-refractivity contribution in [2.24, 2.45) is 5.92 Å². The quantitative estimate of drug-likeness (QED) is 0.908. The molecule has 2 rings (SSSR count). The number of hydrogen-bond donors (Lipinski definition) is 1. The van der Waals surface area contributed by atoms with E-state index < -0.39 is 6.36 Å². The number of amides is 1. The molecule has 1 fully saturated rings. The van der Waals surface area contributed by atoms with E-state index in [1.807, 2.05) is 0 Å². The number of hydrogen-bond acceptors (Lipinski definition) is 3. The highest BCUT2D eigenvalue weighted by molar-refractivity contribution is 5.75. The lowest BCUT2D eigenvalue weighted by Gasteiger charge is -2.19. The Balaban J connectivity index is 1.87. The number of ether oxygens (including phenoxy) is 1. The van der Waals surface area contributed by atoms with Gasteiger partial charge in [0.15, 0.2) is 0 Å². The number of carbonyl (C=O) groups excluding carboxylic acids is 1. The van der Waals surface area contributed by atoms with Crippen LogP contribution >= 0.6 is 0 Å². The van der Waals surface area contributed by atoms with Gasteiger partial charge < -0.3 is 15.0 Å². The minimum Gasteiger partial charge on any atom is -0.406 e. The summed E-state index contributed by atoms with van der Waals surface area (Å²) in [6.45, 7) is 4.05. The van der Waals surface area contributed by atoms with Crippen LogP contribution in [0.25, 0.3) is 0 Å². The molecule has 0 aliphatic carbocycles. The van der Waals surface area contributed by atoms with Gasteiger partial charge in [0, 0.05) is 31.7 Å². The first kappa shape index (κ1) is 16.5. The van der Waals surface area contributed by atoms with E-state index in [0.717, 1.165) is 25.2 Å². The average molecular weight is 316 g/mol. The van der Waals surface area contributed by atoms with E-state index in [9.17, 15) is 18.0 Å². The van der Waals surface area contributed by atoms with Gasteiger partial charge >= 0.3 is 6.36 Å². The Morgan fingerprint density at radius 3 is 2.64 bits per heavy atom. The molecule has 1 aliphatic heterocycles. The summed E-state index contributed by atoms with van der Waals surface area (Å²) in [7, 11) is 0. The van der Waals surface area contributed by atoms with Gasteiger partial charge in [-0.2, -0.15) is 0 Å². The molecular formula is C15H19F3N2O2. The number of nitrogens with one attached hydrogen (secondary N) is 1. The molecule has 0 radical (unpaired) electrons. The number of halogens is 3. The predicted molar refractivity (Wildman–Crippen MR) is 76.7 cm³/mol. The van der Waals surface area contributed by atoms with Crippen molar-refractivity contribution >= 4 is 11.6 Å². The second kappa shape index (κ2) is 6.89. The lowest BCUT2D eigenvalue weighted by Crippen LogP contribution is -2.30. The molecule has 1 N–H and O–H groups in total. The number of rotatable bonds is 5. The molecule has 1 amide bonds. The Hall–Kier alpha value is -1.92. The summed E-state index contributed by atoms with van der Waals surface area (Å²) in [6.07, 6.45) is -3.25. The molecule has 7 heteroatoms. The molecular weight excluding hydrogens is 297 g/mol. The van der Waals surface area contributed by atoms with E-state index in [-0.39, 0.29) is 11.7 Å². The third-order valence-corrected chi connectivity index (χ3v) is 3.63. The van der Waals surface area contributed by atoms with Crippen molar-refractivity contribution in [3.63, 3.8) is 0 Å². The molecule has 22 heavy (non-hydrogen) atoms. The lowest BCUT2D eigenvalue weighted by molar-refractivity contribution is -0.274. The Morgan fingerprint density at radius 1 is 1.36 bits per heavy atom. The first-order valence-corrected chi connectivity index (χ1v) is 7.25. The van der Waals surface area contributed by atoms with Crippen LogP contribution in [0.1, 0.15) is 19.8 Å². The molecule has 1 atom stereocenters. The summed E-state index contributed by atoms with van der Waals surface area (Å²) in [5, 5.41) is 2.87. The van der Waals surface area contributed by atoms with Crippen LogP contribution in [0.15, 0.2) is 24.3 Å². The Morgan fingerprint density at radius 2 is 2.05 bits per heavy atom. The molecule has 0 spiro atoms. The molecule has 0 unspecified atom stereocenters. The average Bonchev–Trinajstić information content (AvgIpc) is 2.92. The number of nitrogens with zero attached hydrogens (tertiary/aromatic N) is 1. The highest BCUT2D eigenvalue weighted by Crippen LogP contribution is 2.28. The maximum absolute atomic E-state index is 12.1. The number of carbonyl (C=O) groups is 1. The van der Waals surface area contributed by atoms with Crippen molar-refractivity contribution in [1.29, 1.82) is 0 Å². The fourth-order valence-corrected chi connectivity index (χ4v) is 2.48. The first-order valence-electron chi connectivity index (χ1n) is 7.25. The van der Waals surface area contributed by atoms with Crippen LogP contribution in [-0.2, 0) is 4.79 Å². The minimum absolute atomic E-state index is 0.0344. The molecule has 0 saturated carbocycles. The molecule has 0 aromatic heterocycles. The molecule has 1 saturated heterocycles. The molecule has 122 valence electrons. The maximum Gasteiger partial charge on any atom is 0.573 e. The number of anilines is 1. The molecule has 1 aromatic rings. The zero-order chi connectivity index (χ0) is 16.2. The highest BCUT2D eigenvalue weighted by Gasteiger charge is 2.31. The van der Waals surface area contributed by atoms with Crippen molar-refractivity contribution in [1.82, 2.24) is 5.32 Å². The maximum atomic E-state index is 12.1. The second-order valence-electron chi connectivity index (χ2n) is 5.30. The smallest absolute Gasteiger partial charge is 0.406 e. The van der Waals surface area contributed by atoms with Gasteiger partial charge in [0.05, 0.1) is 0 Å². The summed E-state index contributed by atoms with van der Waals surface area (Å²) in [6, 6.07) is 5.87. The molecule has 0 bridgehead atoms. The monoisotopic (exact) mass is 316 g/mol. The molecule has 4 nitrogen and oxygen atoms in total. The van der Waals surface area contributed by atoms with Gasteiger partial charge in [-0.15, -0.1) is 13.2 Å². The Kier molecular flexibility index (Phi) is 5.15. The molecule has 1 heterocycles. The van der Waals surface area contributed by atoms with E-state index in [4.69, 9.17) is 0 Å². The topological polar surface area (TPSA) is 41.6 Å². The zero-order valence-electron chi connectivity index (χ0n) is 12.3. The van der Waals surface area contributed by atoms with Crippen LogP contribution in [0.2, 0.25) is 0 Å². The van der Waals surface area contributed by atoms with E-state index in [1.165, 1.54) is 12.1 Å². The van der Waals surface area contributed by atoms with Crippen molar-refractivity contribution < 1.29 is 22.7 Å². The van der Waals surface area contributed by atoms with Crippen LogP contribution in [0.3, 0.4) is 0 Å². The van der Waals surface area contributed by atoms with Crippen LogP contribution in [0.5, 0.6) is 5.75 Å². The van der Waals surface area contributed by atoms with Crippen molar-refractivity contribution in [2.45, 2.75) is 26.1 Å². The fourth-order valence-electron chi connectivity index (χ4n) is 2.48. The van der Waals surface area contributed by atoms with E-state index in [0.29, 0.717) is 18.9 Å². The summed E-state index contributed by atoms with van der Waals surface area (Å²) in [5.41, 5.74) is 0.860. The summed E-state index contributed by atoms with van der Waals surface area (Å²) in [4.78, 5) is 13.3. The normalized spacial score (nSPS) is 18.4.